The van der Waals surface area contributed by atoms with Crippen LogP contribution in [0.25, 0.3) is 0 Å². The second-order valence-corrected chi connectivity index (χ2v) is 7.88. The van der Waals surface area contributed by atoms with Crippen LogP contribution < -0.4 is 11.1 Å². The molecule has 1 amide bonds. The molecule has 0 aliphatic heterocycles. The summed E-state index contributed by atoms with van der Waals surface area (Å²) in [5, 5.41) is 3.19. The number of carbonyl (C=O) groups excluding carboxylic acids is 1. The van der Waals surface area contributed by atoms with Crippen molar-refractivity contribution in [3.05, 3.63) is 0 Å². The van der Waals surface area contributed by atoms with Gasteiger partial charge in [0, 0.05) is 19.0 Å². The zero-order chi connectivity index (χ0) is 15.2. The molecule has 2 unspecified atom stereocenters. The van der Waals surface area contributed by atoms with Crippen molar-refractivity contribution in [2.24, 2.45) is 23.0 Å². The van der Waals surface area contributed by atoms with Crippen LogP contribution in [0.5, 0.6) is 0 Å². The van der Waals surface area contributed by atoms with Crippen LogP contribution in [-0.2, 0) is 4.79 Å². The fraction of sp³-hybridized carbons (Fsp3) is 0.941. The lowest BCUT2D eigenvalue weighted by molar-refractivity contribution is -0.123. The zero-order valence-corrected chi connectivity index (χ0v) is 13.9. The lowest BCUT2D eigenvalue weighted by Gasteiger charge is -2.30. The summed E-state index contributed by atoms with van der Waals surface area (Å²) in [6, 6.07) is 0.185. The number of rotatable bonds is 6. The molecule has 0 radical (unpaired) electrons. The monoisotopic (exact) mass is 282 g/mol. The van der Waals surface area contributed by atoms with E-state index in [9.17, 15) is 4.79 Å². The summed E-state index contributed by atoms with van der Waals surface area (Å²) in [4.78, 5) is 12.2. The maximum absolute atomic E-state index is 12.2. The Morgan fingerprint density at radius 1 is 1.25 bits per heavy atom. The van der Waals surface area contributed by atoms with E-state index in [0.29, 0.717) is 24.8 Å². The maximum Gasteiger partial charge on any atom is 0.220 e. The fourth-order valence-electron chi connectivity index (χ4n) is 3.61. The predicted molar refractivity (Wildman–Crippen MR) is 85.4 cm³/mol. The Labute approximate surface area is 125 Å². The van der Waals surface area contributed by atoms with Gasteiger partial charge in [-0.25, -0.2) is 0 Å². The van der Waals surface area contributed by atoms with Crippen molar-refractivity contribution in [3.63, 3.8) is 0 Å². The van der Waals surface area contributed by atoms with Gasteiger partial charge in [-0.1, -0.05) is 47.0 Å². The lowest BCUT2D eigenvalue weighted by atomic mass is 9.83. The first kappa shape index (κ1) is 17.5. The van der Waals surface area contributed by atoms with Crippen LogP contribution >= 0.6 is 0 Å². The first-order valence-corrected chi connectivity index (χ1v) is 8.31. The summed E-state index contributed by atoms with van der Waals surface area (Å²) in [5.41, 5.74) is 6.16. The molecule has 20 heavy (non-hydrogen) atoms. The molecule has 1 aliphatic rings. The van der Waals surface area contributed by atoms with E-state index in [0.717, 1.165) is 6.42 Å². The molecule has 0 saturated heterocycles. The van der Waals surface area contributed by atoms with Crippen molar-refractivity contribution in [3.8, 4) is 0 Å². The molecule has 0 aromatic carbocycles. The van der Waals surface area contributed by atoms with Gasteiger partial charge in [-0.15, -0.1) is 0 Å². The molecular weight excluding hydrogens is 248 g/mol. The SMILES string of the molecule is CC(CC(=O)NC(CN)C1CCCCC1)CC(C)(C)C. The van der Waals surface area contributed by atoms with Gasteiger partial charge >= 0.3 is 0 Å². The highest BCUT2D eigenvalue weighted by atomic mass is 16.1. The quantitative estimate of drug-likeness (QED) is 0.783. The van der Waals surface area contributed by atoms with Gasteiger partial charge < -0.3 is 11.1 Å². The molecule has 0 aromatic heterocycles. The topological polar surface area (TPSA) is 55.1 Å². The summed E-state index contributed by atoms with van der Waals surface area (Å²) in [6.07, 6.45) is 8.07. The molecular formula is C17H34N2O. The summed E-state index contributed by atoms with van der Waals surface area (Å²) in [7, 11) is 0. The van der Waals surface area contributed by atoms with Crippen LogP contribution in [0.15, 0.2) is 0 Å². The van der Waals surface area contributed by atoms with Crippen LogP contribution in [0, 0.1) is 17.3 Å². The van der Waals surface area contributed by atoms with Crippen molar-refractivity contribution in [2.45, 2.75) is 78.7 Å². The molecule has 3 nitrogen and oxygen atoms in total. The van der Waals surface area contributed by atoms with Crippen LogP contribution in [-0.4, -0.2) is 18.5 Å². The fourth-order valence-corrected chi connectivity index (χ4v) is 3.61. The number of nitrogens with two attached hydrogens (primary N) is 1. The van der Waals surface area contributed by atoms with Gasteiger partial charge in [0.1, 0.15) is 0 Å². The molecule has 1 saturated carbocycles. The Morgan fingerprint density at radius 3 is 2.35 bits per heavy atom. The highest BCUT2D eigenvalue weighted by Crippen LogP contribution is 2.27. The molecule has 0 aromatic rings. The molecule has 0 bridgehead atoms. The summed E-state index contributed by atoms with van der Waals surface area (Å²) in [5.74, 6) is 1.21. The minimum Gasteiger partial charge on any atom is -0.352 e. The van der Waals surface area contributed by atoms with Crippen LogP contribution in [0.4, 0.5) is 0 Å². The molecule has 118 valence electrons. The van der Waals surface area contributed by atoms with E-state index in [1.165, 1.54) is 32.1 Å². The van der Waals surface area contributed by atoms with Gasteiger partial charge in [-0.05, 0) is 36.5 Å². The largest absolute Gasteiger partial charge is 0.352 e. The average molecular weight is 282 g/mol. The molecule has 1 fully saturated rings. The Morgan fingerprint density at radius 2 is 1.85 bits per heavy atom. The Kier molecular flexibility index (Phi) is 7.01. The number of nitrogens with one attached hydrogen (secondary N) is 1. The normalized spacial score (nSPS) is 20.4. The van der Waals surface area contributed by atoms with Crippen molar-refractivity contribution in [1.29, 1.82) is 0 Å². The smallest absolute Gasteiger partial charge is 0.220 e. The van der Waals surface area contributed by atoms with Crippen LogP contribution in [0.2, 0.25) is 0 Å². The number of hydrogen-bond donors (Lipinski definition) is 2. The van der Waals surface area contributed by atoms with Crippen LogP contribution in [0.3, 0.4) is 0 Å². The standard InChI is InChI=1S/C17H34N2O/c1-13(11-17(2,3)4)10-16(20)19-15(12-18)14-8-6-5-7-9-14/h13-15H,5-12,18H2,1-4H3,(H,19,20). The van der Waals surface area contributed by atoms with Crippen LogP contribution in [0.1, 0.15) is 72.6 Å². The molecule has 0 spiro atoms. The highest BCUT2D eigenvalue weighted by molar-refractivity contribution is 5.76. The van der Waals surface area contributed by atoms with Gasteiger partial charge in [0.05, 0.1) is 0 Å². The average Bonchev–Trinajstić information content (AvgIpc) is 2.34. The first-order chi connectivity index (χ1) is 9.31. The minimum absolute atomic E-state index is 0.183. The van der Waals surface area contributed by atoms with Crippen molar-refractivity contribution < 1.29 is 4.79 Å². The van der Waals surface area contributed by atoms with E-state index in [2.05, 4.69) is 33.0 Å². The van der Waals surface area contributed by atoms with E-state index >= 15 is 0 Å². The third kappa shape index (κ3) is 6.74. The van der Waals surface area contributed by atoms with Gasteiger partial charge in [0.15, 0.2) is 0 Å². The van der Waals surface area contributed by atoms with E-state index < -0.39 is 0 Å². The van der Waals surface area contributed by atoms with Gasteiger partial charge in [-0.3, -0.25) is 4.79 Å². The second kappa shape index (κ2) is 8.02. The maximum atomic E-state index is 12.2. The van der Waals surface area contributed by atoms with Gasteiger partial charge in [-0.2, -0.15) is 0 Å². The first-order valence-electron chi connectivity index (χ1n) is 8.31. The molecule has 0 heterocycles. The number of hydrogen-bond acceptors (Lipinski definition) is 2. The zero-order valence-electron chi connectivity index (χ0n) is 13.9. The summed E-state index contributed by atoms with van der Waals surface area (Å²) >= 11 is 0. The van der Waals surface area contributed by atoms with Gasteiger partial charge in [0.2, 0.25) is 5.91 Å². The second-order valence-electron chi connectivity index (χ2n) is 7.88. The number of amides is 1. The molecule has 3 N–H and O–H groups in total. The van der Waals surface area contributed by atoms with E-state index in [1.54, 1.807) is 0 Å². The van der Waals surface area contributed by atoms with Crippen molar-refractivity contribution in [1.82, 2.24) is 5.32 Å². The molecule has 2 atom stereocenters. The van der Waals surface area contributed by atoms with Gasteiger partial charge in [0.25, 0.3) is 0 Å². The van der Waals surface area contributed by atoms with Crippen molar-refractivity contribution in [2.75, 3.05) is 6.54 Å². The van der Waals surface area contributed by atoms with Crippen molar-refractivity contribution >= 4 is 5.91 Å². The molecule has 1 rings (SSSR count). The lowest BCUT2D eigenvalue weighted by Crippen LogP contribution is -2.46. The van der Waals surface area contributed by atoms with E-state index in [-0.39, 0.29) is 17.4 Å². The minimum atomic E-state index is 0.183. The highest BCUT2D eigenvalue weighted by Gasteiger charge is 2.25. The third-order valence-corrected chi connectivity index (χ3v) is 4.31. The third-order valence-electron chi connectivity index (χ3n) is 4.31. The predicted octanol–water partition coefficient (Wildman–Crippen LogP) is 3.47. The number of carbonyl (C=O) groups is 1. The Hall–Kier alpha value is -0.570. The van der Waals surface area contributed by atoms with E-state index in [1.807, 2.05) is 0 Å². The summed E-state index contributed by atoms with van der Waals surface area (Å²) < 4.78 is 0. The van der Waals surface area contributed by atoms with E-state index in [4.69, 9.17) is 5.73 Å². The Bertz CT molecular complexity index is 290. The molecule has 3 heteroatoms. The Balaban J connectivity index is 2.38. The summed E-state index contributed by atoms with van der Waals surface area (Å²) in [6.45, 7) is 9.43. The molecule has 1 aliphatic carbocycles.